The molecule has 1 aromatic heterocycles. The number of hydrogen-bond acceptors (Lipinski definition) is 5. The van der Waals surface area contributed by atoms with E-state index in [1.807, 2.05) is 0 Å². The first-order valence-electron chi connectivity index (χ1n) is 8.07. The van der Waals surface area contributed by atoms with Crippen molar-refractivity contribution in [3.63, 3.8) is 0 Å². The molecular formula is C19H15ClN2O4S. The van der Waals surface area contributed by atoms with Crippen LogP contribution in [0.5, 0.6) is 17.2 Å². The summed E-state index contributed by atoms with van der Waals surface area (Å²) >= 11 is 11.6. The second-order valence-corrected chi connectivity index (χ2v) is 6.97. The number of halogens is 1. The summed E-state index contributed by atoms with van der Waals surface area (Å²) in [5, 5.41) is 11.7. The third-order valence-corrected chi connectivity index (χ3v) is 5.31. The summed E-state index contributed by atoms with van der Waals surface area (Å²) in [6, 6.07) is 10.3. The molecular weight excluding hydrogens is 388 g/mol. The van der Waals surface area contributed by atoms with Crippen molar-refractivity contribution in [3.8, 4) is 17.2 Å². The summed E-state index contributed by atoms with van der Waals surface area (Å²) in [5.74, 6) is 1.06. The lowest BCUT2D eigenvalue weighted by atomic mass is 10.1. The maximum absolute atomic E-state index is 12.9. The highest BCUT2D eigenvalue weighted by atomic mass is 35.5. The first kappa shape index (κ1) is 17.6. The van der Waals surface area contributed by atoms with Gasteiger partial charge in [0.05, 0.1) is 5.52 Å². The summed E-state index contributed by atoms with van der Waals surface area (Å²) in [5.41, 5.74) is 0.929. The van der Waals surface area contributed by atoms with Gasteiger partial charge >= 0.3 is 0 Å². The molecule has 1 N–H and O–H groups in total. The molecule has 27 heavy (non-hydrogen) atoms. The van der Waals surface area contributed by atoms with E-state index in [1.165, 1.54) is 4.57 Å². The molecule has 6 nitrogen and oxygen atoms in total. The van der Waals surface area contributed by atoms with Crippen molar-refractivity contribution in [2.75, 3.05) is 18.7 Å². The Morgan fingerprint density at radius 1 is 1.22 bits per heavy atom. The van der Waals surface area contributed by atoms with Crippen LogP contribution in [-0.2, 0) is 7.05 Å². The van der Waals surface area contributed by atoms with Gasteiger partial charge in [-0.15, -0.1) is 0 Å². The number of anilines is 1. The second kappa shape index (κ2) is 6.44. The molecule has 1 aliphatic heterocycles. The number of hydrogen-bond donors (Lipinski definition) is 1. The number of aromatic nitrogens is 1. The number of fused-ring (bicyclic) bond motifs is 2. The van der Waals surface area contributed by atoms with Crippen LogP contribution >= 0.6 is 23.8 Å². The number of aryl methyl sites for hydroxylation is 1. The van der Waals surface area contributed by atoms with E-state index in [1.54, 1.807) is 55.4 Å². The quantitative estimate of drug-likeness (QED) is 0.662. The van der Waals surface area contributed by atoms with E-state index >= 15 is 0 Å². The first-order chi connectivity index (χ1) is 12.9. The smallest absolute Gasteiger partial charge is 0.264 e. The molecule has 8 heteroatoms. The van der Waals surface area contributed by atoms with E-state index in [4.69, 9.17) is 33.3 Å². The molecule has 0 unspecified atom stereocenters. The fourth-order valence-electron chi connectivity index (χ4n) is 3.08. The fraction of sp³-hybridized carbons (Fsp3) is 0.158. The van der Waals surface area contributed by atoms with Gasteiger partial charge in [0.25, 0.3) is 5.56 Å². The van der Waals surface area contributed by atoms with E-state index in [9.17, 15) is 9.90 Å². The SMILES string of the molecule is CN(C(=S)c1c(O)c2cc(Cl)ccc2n(C)c1=O)c1ccc2c(c1)OCO2. The molecule has 3 aromatic rings. The zero-order chi connectivity index (χ0) is 19.3. The molecule has 1 aliphatic rings. The maximum atomic E-state index is 12.9. The Balaban J connectivity index is 1.84. The Bertz CT molecular complexity index is 1160. The Morgan fingerprint density at radius 3 is 2.74 bits per heavy atom. The molecule has 2 heterocycles. The van der Waals surface area contributed by atoms with Crippen LogP contribution in [-0.4, -0.2) is 28.5 Å². The summed E-state index contributed by atoms with van der Waals surface area (Å²) in [6.45, 7) is 0.166. The van der Waals surface area contributed by atoms with Crippen LogP contribution in [0.2, 0.25) is 5.02 Å². The molecule has 0 atom stereocenters. The predicted octanol–water partition coefficient (Wildman–Crippen LogP) is 3.44. The second-order valence-electron chi connectivity index (χ2n) is 6.15. The van der Waals surface area contributed by atoms with Crippen LogP contribution in [0.15, 0.2) is 41.2 Å². The van der Waals surface area contributed by atoms with E-state index in [0.29, 0.717) is 33.1 Å². The van der Waals surface area contributed by atoms with Gasteiger partial charge in [0.2, 0.25) is 6.79 Å². The zero-order valence-electron chi connectivity index (χ0n) is 14.5. The lowest BCUT2D eigenvalue weighted by molar-refractivity contribution is 0.174. The summed E-state index contributed by atoms with van der Waals surface area (Å²) in [6.07, 6.45) is 0. The Kier molecular flexibility index (Phi) is 4.20. The van der Waals surface area contributed by atoms with Crippen molar-refractivity contribution < 1.29 is 14.6 Å². The Morgan fingerprint density at radius 2 is 1.96 bits per heavy atom. The molecule has 0 aliphatic carbocycles. The minimum atomic E-state index is -0.389. The van der Waals surface area contributed by atoms with Crippen LogP contribution in [0, 0.1) is 0 Å². The molecule has 0 amide bonds. The number of rotatable bonds is 2. The van der Waals surface area contributed by atoms with Crippen molar-refractivity contribution >= 4 is 45.4 Å². The molecule has 2 aromatic carbocycles. The van der Waals surface area contributed by atoms with Gasteiger partial charge in [0, 0.05) is 36.3 Å². The fourth-order valence-corrected chi connectivity index (χ4v) is 3.54. The zero-order valence-corrected chi connectivity index (χ0v) is 16.1. The van der Waals surface area contributed by atoms with E-state index < -0.39 is 0 Å². The van der Waals surface area contributed by atoms with Crippen LogP contribution in [0.25, 0.3) is 10.9 Å². The summed E-state index contributed by atoms with van der Waals surface area (Å²) in [7, 11) is 3.35. The average molecular weight is 403 g/mol. The number of benzene rings is 2. The number of pyridine rings is 1. The van der Waals surface area contributed by atoms with E-state index in [2.05, 4.69) is 0 Å². The number of nitrogens with zero attached hydrogens (tertiary/aromatic N) is 2. The van der Waals surface area contributed by atoms with Gasteiger partial charge in [-0.25, -0.2) is 0 Å². The van der Waals surface area contributed by atoms with Crippen molar-refractivity contribution in [3.05, 3.63) is 57.3 Å². The first-order valence-corrected chi connectivity index (χ1v) is 8.86. The van der Waals surface area contributed by atoms with Gasteiger partial charge in [-0.3, -0.25) is 4.79 Å². The number of aromatic hydroxyl groups is 1. The highest BCUT2D eigenvalue weighted by Gasteiger charge is 2.23. The van der Waals surface area contributed by atoms with Crippen molar-refractivity contribution in [2.45, 2.75) is 0 Å². The summed E-state index contributed by atoms with van der Waals surface area (Å²) in [4.78, 5) is 14.7. The van der Waals surface area contributed by atoms with Crippen molar-refractivity contribution in [1.82, 2.24) is 4.57 Å². The Labute approximate surface area is 165 Å². The third kappa shape index (κ3) is 2.79. The van der Waals surface area contributed by atoms with Crippen LogP contribution in [0.1, 0.15) is 5.56 Å². The predicted molar refractivity (Wildman–Crippen MR) is 109 cm³/mol. The maximum Gasteiger partial charge on any atom is 0.264 e. The van der Waals surface area contributed by atoms with Crippen molar-refractivity contribution in [2.24, 2.45) is 7.05 Å². The number of thiocarbonyl (C=S) groups is 1. The highest BCUT2D eigenvalue weighted by Crippen LogP contribution is 2.36. The standard InChI is InChI=1S/C19H15ClN2O4S/c1-21(11-4-6-14-15(8-11)26-9-25-14)19(27)16-17(23)12-7-10(20)3-5-13(12)22(2)18(16)24/h3-8,23H,9H2,1-2H3. The molecule has 138 valence electrons. The molecule has 0 spiro atoms. The molecule has 0 saturated heterocycles. The minimum absolute atomic E-state index is 0.0439. The van der Waals surface area contributed by atoms with E-state index in [-0.39, 0.29) is 28.7 Å². The van der Waals surface area contributed by atoms with Gasteiger partial charge in [-0.2, -0.15) is 0 Å². The van der Waals surface area contributed by atoms with Crippen molar-refractivity contribution in [1.29, 1.82) is 0 Å². The lowest BCUT2D eigenvalue weighted by Crippen LogP contribution is -2.33. The molecule has 4 rings (SSSR count). The van der Waals surface area contributed by atoms with Gasteiger partial charge in [-0.05, 0) is 30.3 Å². The highest BCUT2D eigenvalue weighted by molar-refractivity contribution is 7.81. The van der Waals surface area contributed by atoms with E-state index in [0.717, 1.165) is 0 Å². The third-order valence-electron chi connectivity index (χ3n) is 4.59. The monoisotopic (exact) mass is 402 g/mol. The summed E-state index contributed by atoms with van der Waals surface area (Å²) < 4.78 is 12.1. The molecule has 0 fully saturated rings. The lowest BCUT2D eigenvalue weighted by Gasteiger charge is -2.22. The van der Waals surface area contributed by atoms with Crippen LogP contribution < -0.4 is 19.9 Å². The van der Waals surface area contributed by atoms with Gasteiger partial charge in [0.1, 0.15) is 16.3 Å². The number of ether oxygens (including phenoxy) is 2. The molecule has 0 radical (unpaired) electrons. The minimum Gasteiger partial charge on any atom is -0.506 e. The van der Waals surface area contributed by atoms with Gasteiger partial charge in [-0.1, -0.05) is 23.8 Å². The average Bonchev–Trinajstić information content (AvgIpc) is 3.13. The van der Waals surface area contributed by atoms with Crippen LogP contribution in [0.3, 0.4) is 0 Å². The largest absolute Gasteiger partial charge is 0.506 e. The Hall–Kier alpha value is -2.77. The van der Waals surface area contributed by atoms with Gasteiger partial charge < -0.3 is 24.0 Å². The van der Waals surface area contributed by atoms with Gasteiger partial charge in [0.15, 0.2) is 11.5 Å². The normalized spacial score (nSPS) is 12.4. The topological polar surface area (TPSA) is 63.9 Å². The molecule has 0 saturated carbocycles. The van der Waals surface area contributed by atoms with Crippen LogP contribution in [0.4, 0.5) is 5.69 Å². The molecule has 0 bridgehead atoms.